The molecule has 0 fully saturated rings. The van der Waals surface area contributed by atoms with Gasteiger partial charge < -0.3 is 9.64 Å². The molecule has 5 heteroatoms. The predicted molar refractivity (Wildman–Crippen MR) is 137 cm³/mol. The van der Waals surface area contributed by atoms with Crippen molar-refractivity contribution >= 4 is 28.6 Å². The van der Waals surface area contributed by atoms with Crippen LogP contribution in [0, 0.1) is 0 Å². The standard InChI is InChI=1S/C28H28N2O2S/c1-20(2)30(18-21-10-6-4-7-11-21)28(31)19-33-27-17-25(22-12-8-5-9-13-22)24-15-14-23(32-3)16-26(24)29-27/h4-17,20H,18-19H2,1-3H3. The molecule has 1 amide bonds. The number of methoxy groups -OCH3 is 1. The lowest BCUT2D eigenvalue weighted by molar-refractivity contribution is -0.130. The topological polar surface area (TPSA) is 42.4 Å². The number of nitrogens with zero attached hydrogens (tertiary/aromatic N) is 2. The molecule has 0 N–H and O–H groups in total. The number of ether oxygens (including phenoxy) is 1. The quantitative estimate of drug-likeness (QED) is 0.286. The summed E-state index contributed by atoms with van der Waals surface area (Å²) >= 11 is 1.48. The molecule has 0 radical (unpaired) electrons. The number of aromatic nitrogens is 1. The minimum absolute atomic E-state index is 0.104. The Morgan fingerprint density at radius 2 is 1.67 bits per heavy atom. The van der Waals surface area contributed by atoms with Crippen molar-refractivity contribution in [3.05, 3.63) is 90.5 Å². The van der Waals surface area contributed by atoms with Crippen molar-refractivity contribution in [1.82, 2.24) is 9.88 Å². The van der Waals surface area contributed by atoms with Gasteiger partial charge in [0.1, 0.15) is 5.75 Å². The number of carbonyl (C=O) groups is 1. The third-order valence-electron chi connectivity index (χ3n) is 5.56. The summed E-state index contributed by atoms with van der Waals surface area (Å²) in [5.41, 5.74) is 4.21. The second kappa shape index (κ2) is 10.5. The van der Waals surface area contributed by atoms with E-state index in [0.717, 1.165) is 38.4 Å². The molecule has 0 aliphatic rings. The Kier molecular flexibility index (Phi) is 7.30. The molecule has 1 heterocycles. The van der Waals surface area contributed by atoms with Gasteiger partial charge in [0.15, 0.2) is 0 Å². The molecule has 0 saturated heterocycles. The highest BCUT2D eigenvalue weighted by molar-refractivity contribution is 7.99. The van der Waals surface area contributed by atoms with Crippen LogP contribution in [0.1, 0.15) is 19.4 Å². The number of rotatable bonds is 8. The fraction of sp³-hybridized carbons (Fsp3) is 0.214. The van der Waals surface area contributed by atoms with Crippen LogP contribution in [0.3, 0.4) is 0 Å². The van der Waals surface area contributed by atoms with Gasteiger partial charge in [-0.05, 0) is 48.7 Å². The number of pyridine rings is 1. The number of thioether (sulfide) groups is 1. The normalized spacial score (nSPS) is 11.0. The van der Waals surface area contributed by atoms with E-state index < -0.39 is 0 Å². The van der Waals surface area contributed by atoms with Gasteiger partial charge in [-0.3, -0.25) is 4.79 Å². The summed E-state index contributed by atoms with van der Waals surface area (Å²) in [7, 11) is 1.66. The zero-order valence-corrected chi connectivity index (χ0v) is 20.0. The third-order valence-corrected chi connectivity index (χ3v) is 6.46. The Bertz CT molecular complexity index is 1230. The number of amides is 1. The molecular formula is C28H28N2O2S. The Hall–Kier alpha value is -3.31. The first-order valence-electron chi connectivity index (χ1n) is 11.1. The molecule has 4 rings (SSSR count). The van der Waals surface area contributed by atoms with Crippen LogP contribution < -0.4 is 4.74 Å². The van der Waals surface area contributed by atoms with E-state index in [1.54, 1.807) is 7.11 Å². The van der Waals surface area contributed by atoms with Gasteiger partial charge in [-0.15, -0.1) is 0 Å². The molecule has 0 saturated carbocycles. The van der Waals surface area contributed by atoms with Crippen molar-refractivity contribution in [1.29, 1.82) is 0 Å². The van der Waals surface area contributed by atoms with Crippen LogP contribution in [0.2, 0.25) is 0 Å². The van der Waals surface area contributed by atoms with Crippen molar-refractivity contribution in [2.24, 2.45) is 0 Å². The number of benzene rings is 3. The first-order chi connectivity index (χ1) is 16.0. The number of hydrogen-bond acceptors (Lipinski definition) is 4. The van der Waals surface area contributed by atoms with Crippen molar-refractivity contribution in [3.8, 4) is 16.9 Å². The van der Waals surface area contributed by atoms with Gasteiger partial charge >= 0.3 is 0 Å². The zero-order valence-electron chi connectivity index (χ0n) is 19.2. The Labute approximate surface area is 199 Å². The number of carbonyl (C=O) groups excluding carboxylic acids is 1. The molecular weight excluding hydrogens is 428 g/mol. The van der Waals surface area contributed by atoms with Gasteiger partial charge in [0.25, 0.3) is 0 Å². The van der Waals surface area contributed by atoms with Gasteiger partial charge in [-0.1, -0.05) is 72.4 Å². The van der Waals surface area contributed by atoms with Gasteiger partial charge in [0.05, 0.1) is 23.4 Å². The molecule has 4 nitrogen and oxygen atoms in total. The van der Waals surface area contributed by atoms with E-state index in [1.807, 2.05) is 59.5 Å². The van der Waals surface area contributed by atoms with Crippen molar-refractivity contribution in [2.45, 2.75) is 31.5 Å². The molecule has 0 aliphatic heterocycles. The Morgan fingerprint density at radius 3 is 2.33 bits per heavy atom. The van der Waals surface area contributed by atoms with Crippen LogP contribution in [0.4, 0.5) is 0 Å². The van der Waals surface area contributed by atoms with Gasteiger partial charge in [0, 0.05) is 24.0 Å². The lowest BCUT2D eigenvalue weighted by Crippen LogP contribution is -2.37. The van der Waals surface area contributed by atoms with E-state index in [0.29, 0.717) is 12.3 Å². The van der Waals surface area contributed by atoms with Gasteiger partial charge in [-0.25, -0.2) is 4.98 Å². The summed E-state index contributed by atoms with van der Waals surface area (Å²) in [6.07, 6.45) is 0. The van der Waals surface area contributed by atoms with E-state index in [-0.39, 0.29) is 11.9 Å². The van der Waals surface area contributed by atoms with Crippen molar-refractivity contribution < 1.29 is 9.53 Å². The van der Waals surface area contributed by atoms with E-state index in [9.17, 15) is 4.79 Å². The van der Waals surface area contributed by atoms with E-state index in [2.05, 4.69) is 44.2 Å². The second-order valence-electron chi connectivity index (χ2n) is 8.15. The highest BCUT2D eigenvalue weighted by Crippen LogP contribution is 2.33. The molecule has 0 atom stereocenters. The van der Waals surface area contributed by atoms with Gasteiger partial charge in [-0.2, -0.15) is 0 Å². The minimum atomic E-state index is 0.104. The molecule has 4 aromatic rings. The molecule has 168 valence electrons. The van der Waals surface area contributed by atoms with Gasteiger partial charge in [0.2, 0.25) is 5.91 Å². The third kappa shape index (κ3) is 5.55. The van der Waals surface area contributed by atoms with E-state index >= 15 is 0 Å². The number of hydrogen-bond donors (Lipinski definition) is 0. The van der Waals surface area contributed by atoms with Crippen molar-refractivity contribution in [2.75, 3.05) is 12.9 Å². The fourth-order valence-electron chi connectivity index (χ4n) is 3.80. The first-order valence-corrected chi connectivity index (χ1v) is 12.0. The van der Waals surface area contributed by atoms with E-state index in [1.165, 1.54) is 11.8 Å². The van der Waals surface area contributed by atoms with Crippen molar-refractivity contribution in [3.63, 3.8) is 0 Å². The molecule has 0 aliphatic carbocycles. The average molecular weight is 457 g/mol. The van der Waals surface area contributed by atoms with Crippen LogP contribution in [-0.4, -0.2) is 34.7 Å². The maximum Gasteiger partial charge on any atom is 0.233 e. The van der Waals surface area contributed by atoms with Crippen LogP contribution in [0.25, 0.3) is 22.0 Å². The van der Waals surface area contributed by atoms with Crippen LogP contribution in [0.5, 0.6) is 5.75 Å². The molecule has 0 unspecified atom stereocenters. The molecule has 1 aromatic heterocycles. The lowest BCUT2D eigenvalue weighted by atomic mass is 10.0. The summed E-state index contributed by atoms with van der Waals surface area (Å²) in [5, 5.41) is 1.89. The summed E-state index contributed by atoms with van der Waals surface area (Å²) in [6.45, 7) is 4.72. The monoisotopic (exact) mass is 456 g/mol. The Balaban J connectivity index is 1.60. The van der Waals surface area contributed by atoms with Crippen LogP contribution >= 0.6 is 11.8 Å². The SMILES string of the molecule is COc1ccc2c(-c3ccccc3)cc(SCC(=O)N(Cc3ccccc3)C(C)C)nc2c1. The summed E-state index contributed by atoms with van der Waals surface area (Å²) in [6, 6.07) is 28.5. The highest BCUT2D eigenvalue weighted by Gasteiger charge is 2.18. The van der Waals surface area contributed by atoms with Crippen LogP contribution in [-0.2, 0) is 11.3 Å². The van der Waals surface area contributed by atoms with Crippen LogP contribution in [0.15, 0.2) is 90.0 Å². The summed E-state index contributed by atoms with van der Waals surface area (Å²) < 4.78 is 5.41. The molecule has 0 spiro atoms. The lowest BCUT2D eigenvalue weighted by Gasteiger charge is -2.27. The maximum absolute atomic E-state index is 13.1. The smallest absolute Gasteiger partial charge is 0.233 e. The zero-order chi connectivity index (χ0) is 23.2. The fourth-order valence-corrected chi connectivity index (χ4v) is 4.60. The summed E-state index contributed by atoms with van der Waals surface area (Å²) in [4.78, 5) is 19.9. The average Bonchev–Trinajstić information content (AvgIpc) is 2.85. The molecule has 33 heavy (non-hydrogen) atoms. The second-order valence-corrected chi connectivity index (χ2v) is 9.14. The number of fused-ring (bicyclic) bond motifs is 1. The summed E-state index contributed by atoms with van der Waals surface area (Å²) in [5.74, 6) is 1.20. The van der Waals surface area contributed by atoms with E-state index in [4.69, 9.17) is 9.72 Å². The first kappa shape index (κ1) is 22.9. The maximum atomic E-state index is 13.1. The molecule has 3 aromatic carbocycles. The Morgan fingerprint density at radius 1 is 0.970 bits per heavy atom. The molecule has 0 bridgehead atoms. The predicted octanol–water partition coefficient (Wildman–Crippen LogP) is 6.44. The highest BCUT2D eigenvalue weighted by atomic mass is 32.2. The largest absolute Gasteiger partial charge is 0.497 e. The minimum Gasteiger partial charge on any atom is -0.497 e.